The van der Waals surface area contributed by atoms with Crippen molar-refractivity contribution in [3.63, 3.8) is 0 Å². The van der Waals surface area contributed by atoms with E-state index >= 15 is 0 Å². The van der Waals surface area contributed by atoms with E-state index in [0.29, 0.717) is 5.54 Å². The number of hydrogen-bond acceptors (Lipinski definition) is 1. The topological polar surface area (TPSA) is 3.24 Å². The highest BCUT2D eigenvalue weighted by molar-refractivity contribution is 4.93. The molecule has 2 rings (SSSR count). The van der Waals surface area contributed by atoms with Crippen LogP contribution in [-0.4, -0.2) is 23.0 Å². The van der Waals surface area contributed by atoms with Crippen LogP contribution in [0.3, 0.4) is 0 Å². The predicted molar refractivity (Wildman–Crippen MR) is 56.8 cm³/mol. The maximum atomic E-state index is 2.76. The fraction of sp³-hybridized carbons (Fsp3) is 1.00. The normalized spacial score (nSPS) is 36.2. The molecule has 1 aliphatic carbocycles. The van der Waals surface area contributed by atoms with Crippen LogP contribution in [0.2, 0.25) is 0 Å². The summed E-state index contributed by atoms with van der Waals surface area (Å²) in [5.41, 5.74) is 0.397. The zero-order valence-corrected chi connectivity index (χ0v) is 9.34. The third-order valence-corrected chi connectivity index (χ3v) is 3.85. The molecule has 0 bridgehead atoms. The highest BCUT2D eigenvalue weighted by Crippen LogP contribution is 2.39. The number of piperidine rings is 1. The molecule has 76 valence electrons. The van der Waals surface area contributed by atoms with E-state index in [1.54, 1.807) is 0 Å². The Labute approximate surface area is 82.5 Å². The van der Waals surface area contributed by atoms with Gasteiger partial charge in [0.1, 0.15) is 0 Å². The summed E-state index contributed by atoms with van der Waals surface area (Å²) in [6, 6.07) is 0.925. The van der Waals surface area contributed by atoms with Gasteiger partial charge in [-0.05, 0) is 58.9 Å². The van der Waals surface area contributed by atoms with Gasteiger partial charge in [-0.15, -0.1) is 0 Å². The van der Waals surface area contributed by atoms with E-state index in [2.05, 4.69) is 25.7 Å². The molecular weight excluding hydrogens is 158 g/mol. The number of likely N-dealkylation sites (tertiary alicyclic amines) is 1. The molecule has 13 heavy (non-hydrogen) atoms. The van der Waals surface area contributed by atoms with Crippen molar-refractivity contribution in [1.29, 1.82) is 0 Å². The minimum Gasteiger partial charge on any atom is -0.295 e. The number of fused-ring (bicyclic) bond motifs is 1. The molecule has 1 aliphatic heterocycles. The van der Waals surface area contributed by atoms with E-state index in [9.17, 15) is 0 Å². The van der Waals surface area contributed by atoms with Gasteiger partial charge in [-0.3, -0.25) is 4.90 Å². The molecule has 2 aliphatic rings. The van der Waals surface area contributed by atoms with Crippen LogP contribution in [0, 0.1) is 5.92 Å². The molecule has 1 saturated carbocycles. The highest BCUT2D eigenvalue weighted by Gasteiger charge is 2.39. The van der Waals surface area contributed by atoms with E-state index in [1.807, 2.05) is 0 Å². The van der Waals surface area contributed by atoms with Crippen molar-refractivity contribution in [3.05, 3.63) is 0 Å². The van der Waals surface area contributed by atoms with Gasteiger partial charge >= 0.3 is 0 Å². The van der Waals surface area contributed by atoms with Gasteiger partial charge in [0.05, 0.1) is 0 Å². The standard InChI is InChI=1S/C12H23N/c1-12(2,3)13-9-5-7-10-6-4-8-11(10)13/h10-11H,4-9H2,1-3H3. The molecule has 1 saturated heterocycles. The number of nitrogens with zero attached hydrogens (tertiary/aromatic N) is 1. The first-order valence-electron chi connectivity index (χ1n) is 5.86. The van der Waals surface area contributed by atoms with Crippen LogP contribution in [-0.2, 0) is 0 Å². The third-order valence-electron chi connectivity index (χ3n) is 3.85. The lowest BCUT2D eigenvalue weighted by molar-refractivity contribution is 0.0298. The Morgan fingerprint density at radius 2 is 1.69 bits per heavy atom. The Morgan fingerprint density at radius 1 is 1.00 bits per heavy atom. The molecule has 2 atom stereocenters. The van der Waals surface area contributed by atoms with Gasteiger partial charge in [-0.25, -0.2) is 0 Å². The van der Waals surface area contributed by atoms with Crippen molar-refractivity contribution < 1.29 is 0 Å². The summed E-state index contributed by atoms with van der Waals surface area (Å²) >= 11 is 0. The Hall–Kier alpha value is -0.0400. The lowest BCUT2D eigenvalue weighted by atomic mass is 9.88. The molecule has 0 spiro atoms. The number of rotatable bonds is 0. The summed E-state index contributed by atoms with van der Waals surface area (Å²) in [4.78, 5) is 2.76. The largest absolute Gasteiger partial charge is 0.295 e. The average molecular weight is 181 g/mol. The Kier molecular flexibility index (Phi) is 2.39. The van der Waals surface area contributed by atoms with E-state index < -0.39 is 0 Å². The lowest BCUT2D eigenvalue weighted by Crippen LogP contribution is -2.52. The molecule has 1 nitrogen and oxygen atoms in total. The molecule has 0 aromatic rings. The second-order valence-corrected chi connectivity index (χ2v) is 5.76. The van der Waals surface area contributed by atoms with Crippen LogP contribution in [0.25, 0.3) is 0 Å². The van der Waals surface area contributed by atoms with Crippen LogP contribution < -0.4 is 0 Å². The van der Waals surface area contributed by atoms with Crippen LogP contribution in [0.5, 0.6) is 0 Å². The molecule has 1 heterocycles. The van der Waals surface area contributed by atoms with Gasteiger partial charge < -0.3 is 0 Å². The third kappa shape index (κ3) is 1.76. The second kappa shape index (κ2) is 3.27. The van der Waals surface area contributed by atoms with Gasteiger partial charge in [0.25, 0.3) is 0 Å². The van der Waals surface area contributed by atoms with Crippen LogP contribution >= 0.6 is 0 Å². The van der Waals surface area contributed by atoms with Crippen molar-refractivity contribution in [3.8, 4) is 0 Å². The van der Waals surface area contributed by atoms with Crippen molar-refractivity contribution >= 4 is 0 Å². The maximum Gasteiger partial charge on any atom is 0.0129 e. The average Bonchev–Trinajstić information content (AvgIpc) is 2.48. The summed E-state index contributed by atoms with van der Waals surface area (Å²) in [7, 11) is 0. The first kappa shape index (κ1) is 9.51. The van der Waals surface area contributed by atoms with Crippen molar-refractivity contribution in [2.24, 2.45) is 5.92 Å². The molecule has 0 aromatic carbocycles. The first-order valence-corrected chi connectivity index (χ1v) is 5.86. The van der Waals surface area contributed by atoms with Gasteiger partial charge in [0.15, 0.2) is 0 Å². The van der Waals surface area contributed by atoms with Crippen LogP contribution in [0.4, 0.5) is 0 Å². The monoisotopic (exact) mass is 181 g/mol. The minimum atomic E-state index is 0.397. The predicted octanol–water partition coefficient (Wildman–Crippen LogP) is 3.05. The molecule has 0 N–H and O–H groups in total. The smallest absolute Gasteiger partial charge is 0.0129 e. The molecule has 2 unspecified atom stereocenters. The fourth-order valence-corrected chi connectivity index (χ4v) is 3.29. The summed E-state index contributed by atoms with van der Waals surface area (Å²) < 4.78 is 0. The molecule has 1 heteroatoms. The first-order chi connectivity index (χ1) is 6.09. The second-order valence-electron chi connectivity index (χ2n) is 5.76. The van der Waals surface area contributed by atoms with Gasteiger partial charge in [0.2, 0.25) is 0 Å². The zero-order chi connectivity index (χ0) is 9.47. The van der Waals surface area contributed by atoms with Crippen LogP contribution in [0.15, 0.2) is 0 Å². The Morgan fingerprint density at radius 3 is 2.38 bits per heavy atom. The van der Waals surface area contributed by atoms with Crippen LogP contribution in [0.1, 0.15) is 52.9 Å². The van der Waals surface area contributed by atoms with Crippen molar-refractivity contribution in [2.45, 2.75) is 64.5 Å². The van der Waals surface area contributed by atoms with E-state index in [4.69, 9.17) is 0 Å². The zero-order valence-electron chi connectivity index (χ0n) is 9.34. The Balaban J connectivity index is 2.10. The van der Waals surface area contributed by atoms with E-state index in [1.165, 1.54) is 38.6 Å². The molecule has 0 amide bonds. The highest BCUT2D eigenvalue weighted by atomic mass is 15.2. The van der Waals surface area contributed by atoms with E-state index in [0.717, 1.165) is 12.0 Å². The van der Waals surface area contributed by atoms with Gasteiger partial charge in [0, 0.05) is 11.6 Å². The lowest BCUT2D eigenvalue weighted by Gasteiger charge is -2.46. The summed E-state index contributed by atoms with van der Waals surface area (Å²) in [6.07, 6.45) is 7.36. The molecule has 2 fully saturated rings. The SMILES string of the molecule is CC(C)(C)N1CCCC2CCCC21. The quantitative estimate of drug-likeness (QED) is 0.555. The molecular formula is C12H23N. The summed E-state index contributed by atoms with van der Waals surface area (Å²) in [5.74, 6) is 1.04. The maximum absolute atomic E-state index is 2.76. The molecule has 0 radical (unpaired) electrons. The van der Waals surface area contributed by atoms with Crippen molar-refractivity contribution in [2.75, 3.05) is 6.54 Å². The van der Waals surface area contributed by atoms with Gasteiger partial charge in [-0.1, -0.05) is 6.42 Å². The Bertz CT molecular complexity index is 180. The minimum absolute atomic E-state index is 0.397. The van der Waals surface area contributed by atoms with Crippen molar-refractivity contribution in [1.82, 2.24) is 4.90 Å². The van der Waals surface area contributed by atoms with E-state index in [-0.39, 0.29) is 0 Å². The fourth-order valence-electron chi connectivity index (χ4n) is 3.29. The van der Waals surface area contributed by atoms with Gasteiger partial charge in [-0.2, -0.15) is 0 Å². The summed E-state index contributed by atoms with van der Waals surface area (Å²) in [5, 5.41) is 0. The molecule has 0 aromatic heterocycles. The summed E-state index contributed by atoms with van der Waals surface area (Å²) in [6.45, 7) is 8.44. The number of hydrogen-bond donors (Lipinski definition) is 0.